The van der Waals surface area contributed by atoms with Gasteiger partial charge < -0.3 is 19.5 Å². The largest absolute Gasteiger partial charge is 0.495 e. The van der Waals surface area contributed by atoms with E-state index in [1.807, 2.05) is 36.4 Å². The van der Waals surface area contributed by atoms with E-state index in [1.165, 1.54) is 0 Å². The summed E-state index contributed by atoms with van der Waals surface area (Å²) in [6.45, 7) is 2.08. The zero-order valence-corrected chi connectivity index (χ0v) is 16.9. The number of aromatic nitrogens is 1. The summed E-state index contributed by atoms with van der Waals surface area (Å²) in [6, 6.07) is 15.1. The van der Waals surface area contributed by atoms with Crippen molar-refractivity contribution in [2.24, 2.45) is 0 Å². The van der Waals surface area contributed by atoms with Crippen LogP contribution >= 0.6 is 11.6 Å². The SMILES string of the molecule is COc1ccc(CC(=O)N2CCN(C(=O)c3cc4ccccc4[nH]3)CC2)cc1Cl. The molecule has 1 aromatic heterocycles. The third kappa shape index (κ3) is 4.07. The number of halogens is 1. The van der Waals surface area contributed by atoms with Crippen LogP contribution in [0.25, 0.3) is 10.9 Å². The number of carbonyl (C=O) groups excluding carboxylic acids is 2. The minimum atomic E-state index is -0.0322. The first kappa shape index (κ1) is 19.3. The Labute approximate surface area is 174 Å². The molecule has 1 aliphatic rings. The number of nitrogens with one attached hydrogen (secondary N) is 1. The lowest BCUT2D eigenvalue weighted by Gasteiger charge is -2.34. The van der Waals surface area contributed by atoms with Crippen LogP contribution in [0, 0.1) is 0 Å². The zero-order valence-electron chi connectivity index (χ0n) is 16.2. The molecular weight excluding hydrogens is 390 g/mol. The molecule has 0 unspecified atom stereocenters. The Kier molecular flexibility index (Phi) is 5.45. The molecule has 3 aromatic rings. The summed E-state index contributed by atoms with van der Waals surface area (Å²) in [5, 5.41) is 1.51. The molecule has 29 heavy (non-hydrogen) atoms. The van der Waals surface area contributed by atoms with Gasteiger partial charge in [0.25, 0.3) is 5.91 Å². The predicted molar refractivity (Wildman–Crippen MR) is 112 cm³/mol. The second kappa shape index (κ2) is 8.17. The van der Waals surface area contributed by atoms with Crippen molar-refractivity contribution < 1.29 is 14.3 Å². The van der Waals surface area contributed by atoms with E-state index >= 15 is 0 Å². The third-order valence-electron chi connectivity index (χ3n) is 5.25. The number of ether oxygens (including phenoxy) is 1. The highest BCUT2D eigenvalue weighted by Crippen LogP contribution is 2.25. The van der Waals surface area contributed by atoms with E-state index in [9.17, 15) is 9.59 Å². The van der Waals surface area contributed by atoms with Crippen molar-refractivity contribution in [2.45, 2.75) is 6.42 Å². The Bertz CT molecular complexity index is 1020. The third-order valence-corrected chi connectivity index (χ3v) is 5.55. The maximum Gasteiger partial charge on any atom is 0.270 e. The molecule has 0 radical (unpaired) electrons. The first-order chi connectivity index (χ1) is 14.0. The van der Waals surface area contributed by atoms with E-state index in [4.69, 9.17) is 16.3 Å². The number of fused-ring (bicyclic) bond motifs is 1. The van der Waals surface area contributed by atoms with Gasteiger partial charge in [0.2, 0.25) is 5.91 Å². The number of H-pyrrole nitrogens is 1. The van der Waals surface area contributed by atoms with Crippen molar-refractivity contribution in [2.75, 3.05) is 33.3 Å². The van der Waals surface area contributed by atoms with Gasteiger partial charge >= 0.3 is 0 Å². The Morgan fingerprint density at radius 3 is 2.45 bits per heavy atom. The molecule has 4 rings (SSSR count). The van der Waals surface area contributed by atoms with E-state index in [0.29, 0.717) is 42.6 Å². The van der Waals surface area contributed by atoms with E-state index < -0.39 is 0 Å². The fraction of sp³-hybridized carbons (Fsp3) is 0.273. The number of hydrogen-bond donors (Lipinski definition) is 1. The smallest absolute Gasteiger partial charge is 0.270 e. The van der Waals surface area contributed by atoms with Gasteiger partial charge in [-0.15, -0.1) is 0 Å². The van der Waals surface area contributed by atoms with Gasteiger partial charge in [0.05, 0.1) is 18.6 Å². The predicted octanol–water partition coefficient (Wildman–Crippen LogP) is 3.36. The Morgan fingerprint density at radius 1 is 1.03 bits per heavy atom. The quantitative estimate of drug-likeness (QED) is 0.716. The van der Waals surface area contributed by atoms with Crippen LogP contribution in [0.1, 0.15) is 16.1 Å². The first-order valence-electron chi connectivity index (χ1n) is 9.52. The van der Waals surface area contributed by atoms with Crippen LogP contribution in [0.3, 0.4) is 0 Å². The topological polar surface area (TPSA) is 65.6 Å². The maximum absolute atomic E-state index is 12.8. The summed E-state index contributed by atoms with van der Waals surface area (Å²) in [5.41, 5.74) is 2.37. The Morgan fingerprint density at radius 2 is 1.76 bits per heavy atom. The summed E-state index contributed by atoms with van der Waals surface area (Å²) in [4.78, 5) is 32.2. The van der Waals surface area contributed by atoms with Gasteiger partial charge in [0.15, 0.2) is 0 Å². The highest BCUT2D eigenvalue weighted by atomic mass is 35.5. The number of hydrogen-bond acceptors (Lipinski definition) is 3. The molecule has 2 aromatic carbocycles. The van der Waals surface area contributed by atoms with Crippen molar-refractivity contribution in [1.82, 2.24) is 14.8 Å². The maximum atomic E-state index is 12.8. The molecule has 0 bridgehead atoms. The number of nitrogens with zero attached hydrogens (tertiary/aromatic N) is 2. The van der Waals surface area contributed by atoms with E-state index in [0.717, 1.165) is 16.5 Å². The summed E-state index contributed by atoms with van der Waals surface area (Å²) < 4.78 is 5.14. The Balaban J connectivity index is 1.35. The minimum absolute atomic E-state index is 0.0314. The summed E-state index contributed by atoms with van der Waals surface area (Å²) in [6.07, 6.45) is 0.277. The van der Waals surface area contributed by atoms with Crippen molar-refractivity contribution >= 4 is 34.3 Å². The molecule has 1 N–H and O–H groups in total. The highest BCUT2D eigenvalue weighted by molar-refractivity contribution is 6.32. The van der Waals surface area contributed by atoms with Crippen molar-refractivity contribution in [3.05, 3.63) is 64.8 Å². The lowest BCUT2D eigenvalue weighted by atomic mass is 10.1. The molecule has 0 aliphatic carbocycles. The van der Waals surface area contributed by atoms with Crippen LogP contribution in [-0.4, -0.2) is 59.9 Å². The van der Waals surface area contributed by atoms with Gasteiger partial charge in [-0.05, 0) is 29.8 Å². The summed E-state index contributed by atoms with van der Waals surface area (Å²) in [5.74, 6) is 0.589. The second-order valence-corrected chi connectivity index (χ2v) is 7.50. The second-order valence-electron chi connectivity index (χ2n) is 7.09. The summed E-state index contributed by atoms with van der Waals surface area (Å²) >= 11 is 6.14. The highest BCUT2D eigenvalue weighted by Gasteiger charge is 2.25. The number of amides is 2. The molecule has 1 saturated heterocycles. The number of methoxy groups -OCH3 is 1. The standard InChI is InChI=1S/C22H22ClN3O3/c1-29-20-7-6-15(12-17(20)23)13-21(27)25-8-10-26(11-9-25)22(28)19-14-16-4-2-3-5-18(16)24-19/h2-7,12,14,24H,8-11,13H2,1H3. The molecule has 2 heterocycles. The molecule has 0 atom stereocenters. The summed E-state index contributed by atoms with van der Waals surface area (Å²) in [7, 11) is 1.56. The monoisotopic (exact) mass is 411 g/mol. The van der Waals surface area contributed by atoms with Crippen LogP contribution in [0.4, 0.5) is 0 Å². The fourth-order valence-corrected chi connectivity index (χ4v) is 3.90. The Hall–Kier alpha value is -2.99. The van der Waals surface area contributed by atoms with Gasteiger partial charge in [-0.1, -0.05) is 35.9 Å². The lowest BCUT2D eigenvalue weighted by molar-refractivity contribution is -0.131. The van der Waals surface area contributed by atoms with Crippen LogP contribution in [0.5, 0.6) is 5.75 Å². The molecule has 2 amide bonds. The normalized spacial score (nSPS) is 14.3. The molecule has 1 aliphatic heterocycles. The molecule has 1 fully saturated rings. The average molecular weight is 412 g/mol. The molecular formula is C22H22ClN3O3. The van der Waals surface area contributed by atoms with E-state index in [1.54, 1.807) is 29.0 Å². The van der Waals surface area contributed by atoms with Crippen LogP contribution in [0.15, 0.2) is 48.5 Å². The number of para-hydroxylation sites is 1. The van der Waals surface area contributed by atoms with Gasteiger partial charge in [-0.3, -0.25) is 9.59 Å². The molecule has 0 saturated carbocycles. The number of piperazine rings is 1. The molecule has 0 spiro atoms. The van der Waals surface area contributed by atoms with E-state index in [-0.39, 0.29) is 18.2 Å². The van der Waals surface area contributed by atoms with Crippen LogP contribution < -0.4 is 4.74 Å². The van der Waals surface area contributed by atoms with Gasteiger partial charge in [-0.25, -0.2) is 0 Å². The van der Waals surface area contributed by atoms with E-state index in [2.05, 4.69) is 4.98 Å². The number of rotatable bonds is 4. The minimum Gasteiger partial charge on any atom is -0.495 e. The molecule has 7 heteroatoms. The number of benzene rings is 2. The average Bonchev–Trinajstić information content (AvgIpc) is 3.18. The zero-order chi connectivity index (χ0) is 20.4. The molecule has 6 nitrogen and oxygen atoms in total. The van der Waals surface area contributed by atoms with Gasteiger partial charge in [-0.2, -0.15) is 0 Å². The number of carbonyl (C=O) groups is 2. The van der Waals surface area contributed by atoms with Gasteiger partial charge in [0, 0.05) is 37.1 Å². The van der Waals surface area contributed by atoms with Crippen molar-refractivity contribution in [3.63, 3.8) is 0 Å². The van der Waals surface area contributed by atoms with Gasteiger partial charge in [0.1, 0.15) is 11.4 Å². The fourth-order valence-electron chi connectivity index (χ4n) is 3.62. The molecule has 150 valence electrons. The number of aromatic amines is 1. The lowest BCUT2D eigenvalue weighted by Crippen LogP contribution is -2.51. The van der Waals surface area contributed by atoms with Crippen LogP contribution in [-0.2, 0) is 11.2 Å². The van der Waals surface area contributed by atoms with Crippen molar-refractivity contribution in [1.29, 1.82) is 0 Å². The van der Waals surface area contributed by atoms with Crippen molar-refractivity contribution in [3.8, 4) is 5.75 Å². The van der Waals surface area contributed by atoms with Crippen LogP contribution in [0.2, 0.25) is 5.02 Å². The first-order valence-corrected chi connectivity index (χ1v) is 9.90.